The van der Waals surface area contributed by atoms with Crippen LogP contribution in [0.5, 0.6) is 0 Å². The quantitative estimate of drug-likeness (QED) is 0.483. The topological polar surface area (TPSA) is 137 Å². The molecular weight excluding hydrogens is 428 g/mol. The first kappa shape index (κ1) is 21.6. The number of rotatable bonds is 7. The number of carbonyl (C=O) groups is 1. The SMILES string of the molecule is O=C(O)N(CCO)c1ccc(-c2nc(N3CC4CCC(C3)O4)c3cnn(CCO)c3n2)cc1. The molecule has 2 atom stereocenters. The molecule has 2 bridgehead atoms. The highest BCUT2D eigenvalue weighted by Gasteiger charge is 2.35. The van der Waals surface area contributed by atoms with Crippen LogP contribution in [-0.4, -0.2) is 86.2 Å². The van der Waals surface area contributed by atoms with Crippen molar-refractivity contribution < 1.29 is 24.9 Å². The maximum absolute atomic E-state index is 11.5. The third-order valence-corrected chi connectivity index (χ3v) is 6.12. The molecule has 0 saturated carbocycles. The summed E-state index contributed by atoms with van der Waals surface area (Å²) in [7, 11) is 0. The van der Waals surface area contributed by atoms with Gasteiger partial charge in [0.2, 0.25) is 0 Å². The van der Waals surface area contributed by atoms with Crippen LogP contribution in [0.25, 0.3) is 22.4 Å². The largest absolute Gasteiger partial charge is 0.465 e. The number of hydrogen-bond acceptors (Lipinski definition) is 8. The maximum atomic E-state index is 11.5. The molecule has 1 amide bonds. The summed E-state index contributed by atoms with van der Waals surface area (Å²) < 4.78 is 7.65. The van der Waals surface area contributed by atoms with Crippen molar-refractivity contribution in [3.05, 3.63) is 30.5 Å². The van der Waals surface area contributed by atoms with Crippen molar-refractivity contribution in [1.29, 1.82) is 0 Å². The molecule has 4 heterocycles. The van der Waals surface area contributed by atoms with Gasteiger partial charge in [-0.1, -0.05) is 0 Å². The van der Waals surface area contributed by atoms with Crippen molar-refractivity contribution in [2.45, 2.75) is 31.6 Å². The van der Waals surface area contributed by atoms with Gasteiger partial charge in [-0.3, -0.25) is 4.90 Å². The number of hydrogen-bond donors (Lipinski definition) is 3. The molecule has 0 aliphatic carbocycles. The lowest BCUT2D eigenvalue weighted by molar-refractivity contribution is 0.0303. The summed E-state index contributed by atoms with van der Waals surface area (Å²) in [6.07, 6.45) is 3.08. The summed E-state index contributed by atoms with van der Waals surface area (Å²) in [4.78, 5) is 24.4. The highest BCUT2D eigenvalue weighted by molar-refractivity contribution is 5.89. The third kappa shape index (κ3) is 4.10. The van der Waals surface area contributed by atoms with Gasteiger partial charge < -0.3 is 25.0 Å². The van der Waals surface area contributed by atoms with Crippen LogP contribution in [0, 0.1) is 0 Å². The lowest BCUT2D eigenvalue weighted by Crippen LogP contribution is -2.43. The van der Waals surface area contributed by atoms with Crippen LogP contribution >= 0.6 is 0 Å². The highest BCUT2D eigenvalue weighted by Crippen LogP contribution is 2.34. The number of ether oxygens (including phenoxy) is 1. The van der Waals surface area contributed by atoms with E-state index in [9.17, 15) is 15.0 Å². The predicted molar refractivity (Wildman–Crippen MR) is 120 cm³/mol. The van der Waals surface area contributed by atoms with E-state index < -0.39 is 6.09 Å². The molecule has 0 spiro atoms. The fourth-order valence-corrected chi connectivity index (χ4v) is 4.58. The Balaban J connectivity index is 1.55. The van der Waals surface area contributed by atoms with E-state index in [1.165, 1.54) is 0 Å². The van der Waals surface area contributed by atoms with Crippen molar-refractivity contribution in [3.63, 3.8) is 0 Å². The molecule has 11 nitrogen and oxygen atoms in total. The smallest absolute Gasteiger partial charge is 0.411 e. The Bertz CT molecular complexity index is 1140. The Morgan fingerprint density at radius 1 is 1.09 bits per heavy atom. The molecule has 2 aliphatic rings. The number of aromatic nitrogens is 4. The van der Waals surface area contributed by atoms with Crippen LogP contribution in [-0.2, 0) is 11.3 Å². The first-order valence-electron chi connectivity index (χ1n) is 11.0. The summed E-state index contributed by atoms with van der Waals surface area (Å²) in [5, 5.41) is 33.2. The van der Waals surface area contributed by atoms with Gasteiger partial charge in [0.1, 0.15) is 5.82 Å². The molecule has 2 aromatic heterocycles. The Kier molecular flexibility index (Phi) is 5.83. The van der Waals surface area contributed by atoms with E-state index in [-0.39, 0.29) is 32.0 Å². The molecular formula is C22H26N6O5. The van der Waals surface area contributed by atoms with E-state index in [2.05, 4.69) is 10.00 Å². The second kappa shape index (κ2) is 8.93. The zero-order valence-corrected chi connectivity index (χ0v) is 18.0. The third-order valence-electron chi connectivity index (χ3n) is 6.12. The molecule has 5 rings (SSSR count). The number of nitrogens with zero attached hydrogens (tertiary/aromatic N) is 6. The number of morpholine rings is 1. The number of fused-ring (bicyclic) bond motifs is 3. The zero-order chi connectivity index (χ0) is 22.9. The molecule has 1 aromatic carbocycles. The summed E-state index contributed by atoms with van der Waals surface area (Å²) in [5.74, 6) is 1.28. The Hall–Kier alpha value is -3.28. The average molecular weight is 454 g/mol. The maximum Gasteiger partial charge on any atom is 0.411 e. The summed E-state index contributed by atoms with van der Waals surface area (Å²) in [6.45, 7) is 1.48. The molecule has 33 heavy (non-hydrogen) atoms. The van der Waals surface area contributed by atoms with Gasteiger partial charge in [-0.25, -0.2) is 19.4 Å². The van der Waals surface area contributed by atoms with Gasteiger partial charge in [-0.15, -0.1) is 0 Å². The molecule has 11 heteroatoms. The van der Waals surface area contributed by atoms with Gasteiger partial charge in [0.05, 0.1) is 50.1 Å². The molecule has 2 saturated heterocycles. The molecule has 2 fully saturated rings. The first-order valence-corrected chi connectivity index (χ1v) is 11.0. The van der Waals surface area contributed by atoms with Crippen LogP contribution in [0.4, 0.5) is 16.3 Å². The highest BCUT2D eigenvalue weighted by atomic mass is 16.5. The Morgan fingerprint density at radius 2 is 1.82 bits per heavy atom. The number of amides is 1. The number of aliphatic hydroxyl groups excluding tert-OH is 2. The van der Waals surface area contributed by atoms with E-state index >= 15 is 0 Å². The van der Waals surface area contributed by atoms with Crippen LogP contribution in [0.1, 0.15) is 12.8 Å². The number of carboxylic acid groups (broad SMARTS) is 1. The lowest BCUT2D eigenvalue weighted by atomic mass is 10.1. The minimum absolute atomic E-state index is 0.0129. The van der Waals surface area contributed by atoms with Crippen molar-refractivity contribution in [2.75, 3.05) is 42.6 Å². The number of benzene rings is 1. The lowest BCUT2D eigenvalue weighted by Gasteiger charge is -2.33. The van der Waals surface area contributed by atoms with Gasteiger partial charge in [0, 0.05) is 24.3 Å². The first-order chi connectivity index (χ1) is 16.1. The second-order valence-corrected chi connectivity index (χ2v) is 8.27. The fraction of sp³-hybridized carbons (Fsp3) is 0.455. The van der Waals surface area contributed by atoms with Crippen LogP contribution < -0.4 is 9.80 Å². The predicted octanol–water partition coefficient (Wildman–Crippen LogP) is 1.33. The standard InChI is InChI=1S/C22H26N6O5/c29-9-7-27(22(31)32)15-3-1-14(2-4-15)19-24-20(26-12-16-5-6-17(13-26)33-16)18-11-23-28(8-10-30)21(18)25-19/h1-4,11,16-17,29-30H,5-10,12-13H2,(H,31,32). The summed E-state index contributed by atoms with van der Waals surface area (Å²) in [6, 6.07) is 6.88. The number of aliphatic hydroxyl groups is 2. The minimum Gasteiger partial charge on any atom is -0.465 e. The van der Waals surface area contributed by atoms with Crippen LogP contribution in [0.3, 0.4) is 0 Å². The van der Waals surface area contributed by atoms with Crippen LogP contribution in [0.2, 0.25) is 0 Å². The molecule has 174 valence electrons. The van der Waals surface area contributed by atoms with Gasteiger partial charge in [0.15, 0.2) is 11.5 Å². The Labute approximate surface area is 189 Å². The molecule has 2 unspecified atom stereocenters. The number of anilines is 2. The summed E-state index contributed by atoms with van der Waals surface area (Å²) in [5.41, 5.74) is 1.82. The van der Waals surface area contributed by atoms with Crippen molar-refractivity contribution in [1.82, 2.24) is 19.7 Å². The van der Waals surface area contributed by atoms with Crippen LogP contribution in [0.15, 0.2) is 30.5 Å². The normalized spacial score (nSPS) is 19.9. The molecule has 3 N–H and O–H groups in total. The van der Waals surface area contributed by atoms with Gasteiger partial charge in [-0.2, -0.15) is 5.10 Å². The van der Waals surface area contributed by atoms with E-state index in [1.54, 1.807) is 35.1 Å². The fourth-order valence-electron chi connectivity index (χ4n) is 4.58. The van der Waals surface area contributed by atoms with E-state index in [0.29, 0.717) is 23.7 Å². The van der Waals surface area contributed by atoms with Gasteiger partial charge in [0.25, 0.3) is 0 Å². The molecule has 0 radical (unpaired) electrons. The van der Waals surface area contributed by atoms with Gasteiger partial charge in [-0.05, 0) is 37.1 Å². The van der Waals surface area contributed by atoms with E-state index in [1.807, 2.05) is 0 Å². The average Bonchev–Trinajstić information content (AvgIpc) is 3.39. The van der Waals surface area contributed by atoms with E-state index in [4.69, 9.17) is 19.8 Å². The second-order valence-electron chi connectivity index (χ2n) is 8.27. The zero-order valence-electron chi connectivity index (χ0n) is 18.0. The van der Waals surface area contributed by atoms with Crippen molar-refractivity contribution in [3.8, 4) is 11.4 Å². The molecule has 2 aliphatic heterocycles. The monoisotopic (exact) mass is 454 g/mol. The van der Waals surface area contributed by atoms with Crippen molar-refractivity contribution in [2.24, 2.45) is 0 Å². The Morgan fingerprint density at radius 3 is 2.45 bits per heavy atom. The summed E-state index contributed by atoms with van der Waals surface area (Å²) >= 11 is 0. The van der Waals surface area contributed by atoms with Gasteiger partial charge >= 0.3 is 6.09 Å². The van der Waals surface area contributed by atoms with Crippen molar-refractivity contribution >= 4 is 28.6 Å². The van der Waals surface area contributed by atoms with E-state index in [0.717, 1.165) is 47.6 Å². The minimum atomic E-state index is -1.13. The molecule has 3 aromatic rings.